The minimum atomic E-state index is -0.555. The van der Waals surface area contributed by atoms with Gasteiger partial charge in [0.15, 0.2) is 11.5 Å². The Morgan fingerprint density at radius 2 is 2.17 bits per heavy atom. The summed E-state index contributed by atoms with van der Waals surface area (Å²) < 4.78 is 5.28. The maximum absolute atomic E-state index is 11.5. The predicted molar refractivity (Wildman–Crippen MR) is 68.0 cm³/mol. The zero-order valence-corrected chi connectivity index (χ0v) is 10.4. The second-order valence-corrected chi connectivity index (χ2v) is 3.96. The van der Waals surface area contributed by atoms with Gasteiger partial charge in [0.05, 0.1) is 4.92 Å². The quantitative estimate of drug-likeness (QED) is 0.336. The maximum atomic E-state index is 11.5. The van der Waals surface area contributed by atoms with E-state index in [1.807, 2.05) is 0 Å². The largest absolute Gasteiger partial charge is 0.482 e. The highest BCUT2D eigenvalue weighted by Gasteiger charge is 2.18. The number of carbonyl (C=O) groups excluding carboxylic acids is 1. The number of hydrogen-bond donors (Lipinski definition) is 0. The SMILES string of the molecule is C=C(C)COc1ccc(C(=O)CC)cc1[N+](=O)[O-]. The van der Waals surface area contributed by atoms with Gasteiger partial charge in [0.1, 0.15) is 6.61 Å². The fourth-order valence-electron chi connectivity index (χ4n) is 1.36. The molecule has 0 unspecified atom stereocenters. The number of nitro groups is 1. The first-order valence-corrected chi connectivity index (χ1v) is 5.54. The summed E-state index contributed by atoms with van der Waals surface area (Å²) in [6, 6.07) is 4.23. The molecule has 0 heterocycles. The first-order chi connectivity index (χ1) is 8.45. The summed E-state index contributed by atoms with van der Waals surface area (Å²) in [4.78, 5) is 21.9. The van der Waals surface area contributed by atoms with Crippen LogP contribution in [0.4, 0.5) is 5.69 Å². The van der Waals surface area contributed by atoms with Gasteiger partial charge in [0.25, 0.3) is 0 Å². The molecule has 1 aromatic carbocycles. The first kappa shape index (κ1) is 13.9. The van der Waals surface area contributed by atoms with E-state index in [-0.39, 0.29) is 23.8 Å². The Balaban J connectivity index is 3.08. The topological polar surface area (TPSA) is 69.4 Å². The van der Waals surface area contributed by atoms with Crippen molar-refractivity contribution in [1.82, 2.24) is 0 Å². The number of hydrogen-bond acceptors (Lipinski definition) is 4. The third kappa shape index (κ3) is 3.41. The van der Waals surface area contributed by atoms with Crippen LogP contribution in [0, 0.1) is 10.1 Å². The Morgan fingerprint density at radius 1 is 1.50 bits per heavy atom. The summed E-state index contributed by atoms with van der Waals surface area (Å²) in [5.74, 6) is 0.0141. The number of nitro benzene ring substituents is 1. The lowest BCUT2D eigenvalue weighted by Crippen LogP contribution is -2.03. The Kier molecular flexibility index (Phi) is 4.59. The first-order valence-electron chi connectivity index (χ1n) is 5.54. The molecule has 0 aliphatic rings. The van der Waals surface area contributed by atoms with Crippen molar-refractivity contribution in [3.63, 3.8) is 0 Å². The van der Waals surface area contributed by atoms with Gasteiger partial charge in [-0.2, -0.15) is 0 Å². The fraction of sp³-hybridized carbons (Fsp3) is 0.308. The van der Waals surface area contributed by atoms with Crippen LogP contribution in [0.2, 0.25) is 0 Å². The highest BCUT2D eigenvalue weighted by atomic mass is 16.6. The molecule has 1 rings (SSSR count). The predicted octanol–water partition coefficient (Wildman–Crippen LogP) is 3.14. The lowest BCUT2D eigenvalue weighted by molar-refractivity contribution is -0.385. The number of nitrogens with zero attached hydrogens (tertiary/aromatic N) is 1. The molecule has 0 saturated carbocycles. The minimum Gasteiger partial charge on any atom is -0.482 e. The fourth-order valence-corrected chi connectivity index (χ4v) is 1.36. The third-order valence-electron chi connectivity index (χ3n) is 2.27. The van der Waals surface area contributed by atoms with Crippen molar-refractivity contribution in [1.29, 1.82) is 0 Å². The Bertz CT molecular complexity index is 494. The summed E-state index contributed by atoms with van der Waals surface area (Å²) in [5, 5.41) is 10.9. The van der Waals surface area contributed by atoms with Gasteiger partial charge in [-0.15, -0.1) is 0 Å². The highest BCUT2D eigenvalue weighted by molar-refractivity contribution is 5.96. The number of benzene rings is 1. The van der Waals surface area contributed by atoms with Gasteiger partial charge >= 0.3 is 5.69 Å². The molecule has 0 aliphatic carbocycles. The number of ketones is 1. The van der Waals surface area contributed by atoms with Crippen LogP contribution in [0.5, 0.6) is 5.75 Å². The van der Waals surface area contributed by atoms with Crippen molar-refractivity contribution in [2.75, 3.05) is 6.61 Å². The van der Waals surface area contributed by atoms with Crippen LogP contribution >= 0.6 is 0 Å². The second kappa shape index (κ2) is 5.95. The monoisotopic (exact) mass is 249 g/mol. The smallest absolute Gasteiger partial charge is 0.311 e. The molecule has 96 valence electrons. The summed E-state index contributed by atoms with van der Waals surface area (Å²) in [7, 11) is 0. The molecule has 5 heteroatoms. The average molecular weight is 249 g/mol. The van der Waals surface area contributed by atoms with E-state index in [1.165, 1.54) is 18.2 Å². The van der Waals surface area contributed by atoms with Crippen LogP contribution in [0.1, 0.15) is 30.6 Å². The van der Waals surface area contributed by atoms with E-state index in [0.717, 1.165) is 5.57 Å². The average Bonchev–Trinajstić information content (AvgIpc) is 2.34. The zero-order chi connectivity index (χ0) is 13.7. The van der Waals surface area contributed by atoms with Gasteiger partial charge in [-0.05, 0) is 24.6 Å². The van der Waals surface area contributed by atoms with Crippen LogP contribution in [-0.4, -0.2) is 17.3 Å². The van der Waals surface area contributed by atoms with E-state index >= 15 is 0 Å². The van der Waals surface area contributed by atoms with Crippen LogP contribution in [0.25, 0.3) is 0 Å². The molecule has 5 nitrogen and oxygen atoms in total. The Morgan fingerprint density at radius 3 is 2.67 bits per heavy atom. The second-order valence-electron chi connectivity index (χ2n) is 3.96. The molecule has 0 radical (unpaired) electrons. The van der Waals surface area contributed by atoms with E-state index in [4.69, 9.17) is 4.74 Å². The van der Waals surface area contributed by atoms with Crippen molar-refractivity contribution in [2.45, 2.75) is 20.3 Å². The molecule has 1 aromatic rings. The molecule has 0 aliphatic heterocycles. The van der Waals surface area contributed by atoms with Crippen LogP contribution < -0.4 is 4.74 Å². The molecule has 18 heavy (non-hydrogen) atoms. The lowest BCUT2D eigenvalue weighted by Gasteiger charge is -2.07. The van der Waals surface area contributed by atoms with Gasteiger partial charge in [-0.1, -0.05) is 13.5 Å². The van der Waals surface area contributed by atoms with E-state index in [9.17, 15) is 14.9 Å². The van der Waals surface area contributed by atoms with Gasteiger partial charge in [-0.25, -0.2) is 0 Å². The summed E-state index contributed by atoms with van der Waals surface area (Å²) in [6.45, 7) is 7.34. The molecular weight excluding hydrogens is 234 g/mol. The van der Waals surface area contributed by atoms with Gasteiger partial charge in [-0.3, -0.25) is 14.9 Å². The number of Topliss-reactive ketones (excluding diaryl/α,β-unsaturated/α-hetero) is 1. The normalized spacial score (nSPS) is 9.89. The van der Waals surface area contributed by atoms with E-state index in [1.54, 1.807) is 13.8 Å². The Hall–Kier alpha value is -2.17. The molecule has 0 saturated heterocycles. The van der Waals surface area contributed by atoms with Gasteiger partial charge < -0.3 is 4.74 Å². The summed E-state index contributed by atoms with van der Waals surface area (Å²) >= 11 is 0. The molecule has 0 fully saturated rings. The standard InChI is InChI=1S/C13H15NO4/c1-4-12(15)10-5-6-13(18-8-9(2)3)11(7-10)14(16)17/h5-7H,2,4,8H2,1,3H3. The molecule has 0 amide bonds. The van der Waals surface area contributed by atoms with Gasteiger partial charge in [0.2, 0.25) is 0 Å². The lowest BCUT2D eigenvalue weighted by atomic mass is 10.1. The van der Waals surface area contributed by atoms with Crippen molar-refractivity contribution < 1.29 is 14.5 Å². The van der Waals surface area contributed by atoms with Crippen LogP contribution in [0.15, 0.2) is 30.4 Å². The summed E-state index contributed by atoms with van der Waals surface area (Å²) in [6.07, 6.45) is 0.309. The molecule has 0 bridgehead atoms. The number of carbonyl (C=O) groups is 1. The van der Waals surface area contributed by atoms with E-state index in [2.05, 4.69) is 6.58 Å². The van der Waals surface area contributed by atoms with E-state index < -0.39 is 4.92 Å². The minimum absolute atomic E-state index is 0.135. The highest BCUT2D eigenvalue weighted by Crippen LogP contribution is 2.28. The number of rotatable bonds is 6. The Labute approximate surface area is 105 Å². The van der Waals surface area contributed by atoms with Gasteiger partial charge in [0, 0.05) is 18.1 Å². The van der Waals surface area contributed by atoms with Crippen LogP contribution in [0.3, 0.4) is 0 Å². The molecule has 0 spiro atoms. The van der Waals surface area contributed by atoms with E-state index in [0.29, 0.717) is 12.0 Å². The van der Waals surface area contributed by atoms with Crippen molar-refractivity contribution in [3.8, 4) is 5.75 Å². The molecule has 0 atom stereocenters. The maximum Gasteiger partial charge on any atom is 0.311 e. The summed E-state index contributed by atoms with van der Waals surface area (Å²) in [5.41, 5.74) is 0.889. The molecule has 0 aromatic heterocycles. The van der Waals surface area contributed by atoms with Crippen molar-refractivity contribution >= 4 is 11.5 Å². The third-order valence-corrected chi connectivity index (χ3v) is 2.27. The van der Waals surface area contributed by atoms with Crippen LogP contribution in [-0.2, 0) is 0 Å². The number of ether oxygens (including phenoxy) is 1. The zero-order valence-electron chi connectivity index (χ0n) is 10.4. The van der Waals surface area contributed by atoms with Crippen molar-refractivity contribution in [2.24, 2.45) is 0 Å². The van der Waals surface area contributed by atoms with Crippen molar-refractivity contribution in [3.05, 3.63) is 46.0 Å². The molecule has 0 N–H and O–H groups in total. The molecular formula is C13H15NO4.